The predicted molar refractivity (Wildman–Crippen MR) is 106 cm³/mol. The molecule has 164 valence electrons. The van der Waals surface area contributed by atoms with Crippen molar-refractivity contribution in [3.63, 3.8) is 0 Å². The van der Waals surface area contributed by atoms with Gasteiger partial charge in [0.1, 0.15) is 24.4 Å². The Morgan fingerprint density at radius 3 is 1.96 bits per heavy atom. The molecule has 0 radical (unpaired) electrons. The van der Waals surface area contributed by atoms with Crippen LogP contribution < -0.4 is 0 Å². The van der Waals surface area contributed by atoms with Crippen LogP contribution >= 0.6 is 0 Å². The van der Waals surface area contributed by atoms with Gasteiger partial charge in [-0.25, -0.2) is 0 Å². The summed E-state index contributed by atoms with van der Waals surface area (Å²) in [4.78, 5) is 0. The second kappa shape index (κ2) is 9.71. The first-order chi connectivity index (χ1) is 13.3. The van der Waals surface area contributed by atoms with Crippen molar-refractivity contribution in [1.29, 1.82) is 0 Å². The first-order valence-electron chi connectivity index (χ1n) is 11.3. The Bertz CT molecular complexity index is 480. The molecule has 0 aromatic rings. The summed E-state index contributed by atoms with van der Waals surface area (Å²) in [7, 11) is 0. The third-order valence-electron chi connectivity index (χ3n) is 5.68. The van der Waals surface area contributed by atoms with E-state index in [1.54, 1.807) is 0 Å². The maximum atomic E-state index is 6.16. The van der Waals surface area contributed by atoms with Crippen LogP contribution in [0, 0.1) is 0 Å². The van der Waals surface area contributed by atoms with Crippen LogP contribution in [0.15, 0.2) is 0 Å². The van der Waals surface area contributed by atoms with Gasteiger partial charge in [-0.05, 0) is 34.1 Å². The molecule has 0 amide bonds. The van der Waals surface area contributed by atoms with Crippen LogP contribution in [0.4, 0.5) is 0 Å². The van der Waals surface area contributed by atoms with Crippen LogP contribution in [-0.4, -0.2) is 55.5 Å². The predicted octanol–water partition coefficient (Wildman–Crippen LogP) is 4.54. The highest BCUT2D eigenvalue weighted by Crippen LogP contribution is 2.44. The minimum atomic E-state index is -0.678. The van der Waals surface area contributed by atoms with Gasteiger partial charge < -0.3 is 28.4 Å². The lowest BCUT2D eigenvalue weighted by atomic mass is 9.99. The highest BCUT2D eigenvalue weighted by atomic mass is 16.9. The maximum Gasteiger partial charge on any atom is 0.190 e. The average molecular weight is 401 g/mol. The summed E-state index contributed by atoms with van der Waals surface area (Å²) < 4.78 is 36.3. The van der Waals surface area contributed by atoms with E-state index in [9.17, 15) is 0 Å². The summed E-state index contributed by atoms with van der Waals surface area (Å²) in [6.45, 7) is 11.2. The van der Waals surface area contributed by atoms with Gasteiger partial charge in [-0.15, -0.1) is 0 Å². The van der Waals surface area contributed by atoms with Crippen molar-refractivity contribution < 1.29 is 28.4 Å². The van der Waals surface area contributed by atoms with Gasteiger partial charge in [0.15, 0.2) is 17.9 Å². The van der Waals surface area contributed by atoms with E-state index < -0.39 is 17.9 Å². The van der Waals surface area contributed by atoms with E-state index in [2.05, 4.69) is 6.92 Å². The minimum Gasteiger partial charge on any atom is -0.379 e. The third kappa shape index (κ3) is 5.89. The van der Waals surface area contributed by atoms with Crippen LogP contribution in [0.25, 0.3) is 0 Å². The monoisotopic (exact) mass is 400 g/mol. The topological polar surface area (TPSA) is 55.4 Å². The van der Waals surface area contributed by atoms with Crippen molar-refractivity contribution in [2.24, 2.45) is 0 Å². The van der Waals surface area contributed by atoms with Crippen molar-refractivity contribution in [3.8, 4) is 0 Å². The lowest BCUT2D eigenvalue weighted by molar-refractivity contribution is -0.243. The number of hydrogen-bond donors (Lipinski definition) is 0. The molecule has 3 aliphatic heterocycles. The van der Waals surface area contributed by atoms with Gasteiger partial charge in [-0.2, -0.15) is 0 Å². The zero-order valence-electron chi connectivity index (χ0n) is 18.4. The van der Waals surface area contributed by atoms with E-state index in [1.807, 2.05) is 27.7 Å². The molecule has 6 heteroatoms. The molecule has 3 aliphatic rings. The second-order valence-electron chi connectivity index (χ2n) is 9.26. The van der Waals surface area contributed by atoms with Crippen LogP contribution in [-0.2, 0) is 28.4 Å². The smallest absolute Gasteiger partial charge is 0.190 e. The van der Waals surface area contributed by atoms with Crippen molar-refractivity contribution in [3.05, 3.63) is 0 Å². The van der Waals surface area contributed by atoms with Gasteiger partial charge in [0.05, 0.1) is 6.61 Å². The Morgan fingerprint density at radius 2 is 1.25 bits per heavy atom. The molecule has 3 rings (SSSR count). The Kier molecular flexibility index (Phi) is 7.79. The Balaban J connectivity index is 1.39. The molecule has 0 N–H and O–H groups in total. The van der Waals surface area contributed by atoms with E-state index in [-0.39, 0.29) is 24.4 Å². The molecule has 0 unspecified atom stereocenters. The lowest BCUT2D eigenvalue weighted by Crippen LogP contribution is -2.56. The average Bonchev–Trinajstić information content (AvgIpc) is 3.10. The minimum absolute atomic E-state index is 0.202. The summed E-state index contributed by atoms with van der Waals surface area (Å²) in [6, 6.07) is 0. The number of ether oxygens (including phenoxy) is 6. The molecule has 0 aromatic carbocycles. The number of fused-ring (bicyclic) bond motifs is 3. The molecule has 5 atom stereocenters. The van der Waals surface area contributed by atoms with E-state index >= 15 is 0 Å². The second-order valence-corrected chi connectivity index (χ2v) is 9.26. The Labute approximate surface area is 170 Å². The molecule has 0 aromatic heterocycles. The molecule has 0 spiro atoms. The van der Waals surface area contributed by atoms with E-state index in [0.717, 1.165) is 13.0 Å². The van der Waals surface area contributed by atoms with Crippen molar-refractivity contribution in [2.45, 2.75) is 128 Å². The summed E-state index contributed by atoms with van der Waals surface area (Å²) in [5.41, 5.74) is 0. The summed E-state index contributed by atoms with van der Waals surface area (Å²) >= 11 is 0. The standard InChI is InChI=1S/C22H40O6/c1-6-7-8-9-10-11-12-13-14-23-15-16-17-18(26-21(2,3)25-17)19-20(24-16)28-22(4,5)27-19/h16-20H,6-15H2,1-5H3/t16-,17+,18+,19-,20-/m1/s1. The number of hydrogen-bond acceptors (Lipinski definition) is 6. The zero-order chi connectivity index (χ0) is 20.2. The van der Waals surface area contributed by atoms with Crippen LogP contribution in [0.1, 0.15) is 86.0 Å². The molecule has 3 saturated heterocycles. The fourth-order valence-corrected chi connectivity index (χ4v) is 4.37. The van der Waals surface area contributed by atoms with Gasteiger partial charge in [0, 0.05) is 6.61 Å². The fraction of sp³-hybridized carbons (Fsp3) is 1.00. The van der Waals surface area contributed by atoms with Gasteiger partial charge in [0.25, 0.3) is 0 Å². The van der Waals surface area contributed by atoms with Crippen molar-refractivity contribution in [2.75, 3.05) is 13.2 Å². The largest absolute Gasteiger partial charge is 0.379 e. The molecule has 28 heavy (non-hydrogen) atoms. The zero-order valence-corrected chi connectivity index (χ0v) is 18.4. The highest BCUT2D eigenvalue weighted by molar-refractivity contribution is 5.00. The van der Waals surface area contributed by atoms with Gasteiger partial charge >= 0.3 is 0 Å². The van der Waals surface area contributed by atoms with Gasteiger partial charge in [-0.1, -0.05) is 51.9 Å². The van der Waals surface area contributed by atoms with Crippen LogP contribution in [0.2, 0.25) is 0 Å². The molecule has 3 heterocycles. The normalized spacial score (nSPS) is 35.7. The number of rotatable bonds is 11. The third-order valence-corrected chi connectivity index (χ3v) is 5.68. The summed E-state index contributed by atoms with van der Waals surface area (Å²) in [5, 5.41) is 0. The van der Waals surface area contributed by atoms with Crippen LogP contribution in [0.3, 0.4) is 0 Å². The van der Waals surface area contributed by atoms with E-state index in [1.165, 1.54) is 44.9 Å². The SMILES string of the molecule is CCCCCCCCCCOC[C@H]1O[C@@H]2OC(C)(C)O[C@@H]2[C@H]2OC(C)(C)O[C@H]21. The Hall–Kier alpha value is -0.240. The molecule has 0 bridgehead atoms. The van der Waals surface area contributed by atoms with E-state index in [0.29, 0.717) is 6.61 Å². The fourth-order valence-electron chi connectivity index (χ4n) is 4.37. The Morgan fingerprint density at radius 1 is 0.679 bits per heavy atom. The van der Waals surface area contributed by atoms with Crippen molar-refractivity contribution >= 4 is 0 Å². The van der Waals surface area contributed by atoms with E-state index in [4.69, 9.17) is 28.4 Å². The van der Waals surface area contributed by atoms with Gasteiger partial charge in [0.2, 0.25) is 0 Å². The molecular weight excluding hydrogens is 360 g/mol. The lowest BCUT2D eigenvalue weighted by Gasteiger charge is -2.37. The quantitative estimate of drug-likeness (QED) is 0.475. The molecular formula is C22H40O6. The van der Waals surface area contributed by atoms with Crippen molar-refractivity contribution in [1.82, 2.24) is 0 Å². The molecule has 0 aliphatic carbocycles. The maximum absolute atomic E-state index is 6.16. The number of unbranched alkanes of at least 4 members (excludes halogenated alkanes) is 7. The van der Waals surface area contributed by atoms with Gasteiger partial charge in [-0.3, -0.25) is 0 Å². The molecule has 6 nitrogen and oxygen atoms in total. The molecule has 3 fully saturated rings. The first kappa shape index (κ1) is 22.4. The van der Waals surface area contributed by atoms with Crippen LogP contribution in [0.5, 0.6) is 0 Å². The first-order valence-corrected chi connectivity index (χ1v) is 11.3. The summed E-state index contributed by atoms with van der Waals surface area (Å²) in [6.07, 6.45) is 9.04. The highest BCUT2D eigenvalue weighted by Gasteiger charge is 2.60. The molecule has 0 saturated carbocycles. The summed E-state index contributed by atoms with van der Waals surface area (Å²) in [5.74, 6) is -1.33.